The van der Waals surface area contributed by atoms with Crippen molar-refractivity contribution in [3.05, 3.63) is 0 Å². The van der Waals surface area contributed by atoms with E-state index in [1.165, 1.54) is 0 Å². The Morgan fingerprint density at radius 3 is 0.500 bits per heavy atom. The molecule has 0 aliphatic rings. The minimum atomic E-state index is 0. The van der Waals surface area contributed by atoms with E-state index < -0.39 is 0 Å². The molecule has 0 aromatic heterocycles. The molecule has 0 aliphatic heterocycles. The molecule has 0 saturated heterocycles. The second-order valence-corrected chi connectivity index (χ2v) is 8.06. The Kier molecular flexibility index (Phi) is 24.3. The van der Waals surface area contributed by atoms with E-state index in [0.29, 0.717) is 0 Å². The molecule has 0 atom stereocenters. The molecule has 7 heteroatoms. The minimum absolute atomic E-state index is 0. The Balaban J connectivity index is -0.000000152. The van der Waals surface area contributed by atoms with Crippen LogP contribution in [0.25, 0.3) is 0 Å². The van der Waals surface area contributed by atoms with Crippen molar-refractivity contribution in [2.24, 2.45) is 0 Å². The first-order valence-corrected chi connectivity index (χ1v) is 9.76. The Labute approximate surface area is 193 Å². The summed E-state index contributed by atoms with van der Waals surface area (Å²) in [5, 5.41) is 0. The zero-order valence-electron chi connectivity index (χ0n) is 20.1. The minimum Gasteiger partial charge on any atom is -0.520 e. The maximum absolute atomic E-state index is 10.2. The molecule has 0 bridgehead atoms. The van der Waals surface area contributed by atoms with E-state index in [-0.39, 0.29) is 62.1 Å². The molecule has 0 N–H and O–H groups in total. The van der Waals surface area contributed by atoms with Gasteiger partial charge in [-0.25, -0.2) is 0 Å². The van der Waals surface area contributed by atoms with Crippen molar-refractivity contribution in [3.63, 3.8) is 0 Å². The van der Waals surface area contributed by atoms with Crippen LogP contribution in [0.15, 0.2) is 0 Å². The van der Waals surface area contributed by atoms with Gasteiger partial charge in [0.05, 0.1) is 0 Å². The van der Waals surface area contributed by atoms with Gasteiger partial charge in [-0.3, -0.25) is 0 Å². The molecule has 3 amide bonds. The van der Waals surface area contributed by atoms with E-state index in [9.17, 15) is 14.4 Å². The second kappa shape index (κ2) is 19.6. The molecule has 0 radical (unpaired) electrons. The molecule has 0 heterocycles. The van der Waals surface area contributed by atoms with Crippen LogP contribution in [0.2, 0.25) is 0 Å². The van der Waals surface area contributed by atoms with Crippen LogP contribution in [0.3, 0.4) is 0 Å². The van der Waals surface area contributed by atoms with Crippen LogP contribution >= 0.6 is 0 Å². The van der Waals surface area contributed by atoms with Crippen LogP contribution in [-0.4, -0.2) is 70.2 Å². The quantitative estimate of drug-likeness (QED) is 0.416. The fraction of sp³-hybridized carbons (Fsp3) is 0.857. The Morgan fingerprint density at radius 2 is 0.500 bits per heavy atom. The number of amides is 3. The predicted octanol–water partition coefficient (Wildman–Crippen LogP) is 3.51. The molecule has 0 rings (SSSR count). The van der Waals surface area contributed by atoms with E-state index >= 15 is 0 Å². The van der Waals surface area contributed by atoms with Crippen LogP contribution in [-0.2, 0) is 40.2 Å². The van der Waals surface area contributed by atoms with E-state index in [1.54, 1.807) is 14.7 Å². The van der Waals surface area contributed by atoms with Crippen molar-refractivity contribution in [2.45, 2.75) is 119 Å². The molecule has 0 aromatic rings. The fourth-order valence-electron chi connectivity index (χ4n) is 2.42. The van der Waals surface area contributed by atoms with Gasteiger partial charge in [0.2, 0.25) is 0 Å². The van der Waals surface area contributed by atoms with Crippen molar-refractivity contribution in [1.29, 1.82) is 0 Å². The van der Waals surface area contributed by atoms with Gasteiger partial charge in [0.25, 0.3) is 0 Å². The van der Waals surface area contributed by atoms with Gasteiger partial charge in [-0.2, -0.15) is 19.2 Å². The summed E-state index contributed by atoms with van der Waals surface area (Å²) in [4.78, 5) is 35.5. The van der Waals surface area contributed by atoms with Gasteiger partial charge in [0, 0.05) is 0 Å². The van der Waals surface area contributed by atoms with Gasteiger partial charge in [-0.1, -0.05) is 0 Å². The normalized spacial score (nSPS) is 10.1. The van der Waals surface area contributed by atoms with E-state index in [2.05, 4.69) is 0 Å². The molecule has 6 nitrogen and oxygen atoms in total. The van der Waals surface area contributed by atoms with Gasteiger partial charge in [-0.15, -0.1) is 0 Å². The maximum atomic E-state index is 10.2. The third-order valence-electron chi connectivity index (χ3n) is 3.65. The van der Waals surface area contributed by atoms with Gasteiger partial charge in [-0.05, 0) is 119 Å². The van der Waals surface area contributed by atoms with Crippen LogP contribution < -0.4 is 0 Å². The summed E-state index contributed by atoms with van der Waals surface area (Å²) in [6.45, 7) is 23.7. The molecule has 162 valence electrons. The van der Waals surface area contributed by atoms with Crippen LogP contribution in [0.1, 0.15) is 83.1 Å². The third kappa shape index (κ3) is 17.4. The molecule has 0 fully saturated rings. The summed E-state index contributed by atoms with van der Waals surface area (Å²) in [5.41, 5.74) is 0. The molecule has 0 aliphatic carbocycles. The van der Waals surface area contributed by atoms with E-state index in [0.717, 1.165) is 0 Å². The monoisotopic (exact) mass is 429 g/mol. The molecule has 0 unspecified atom stereocenters. The number of hydrogen-bond acceptors (Lipinski definition) is 3. The third-order valence-corrected chi connectivity index (χ3v) is 3.65. The van der Waals surface area contributed by atoms with Crippen LogP contribution in [0.5, 0.6) is 0 Å². The molecule has 0 aromatic carbocycles. The van der Waals surface area contributed by atoms with Crippen LogP contribution in [0.4, 0.5) is 0 Å². The van der Waals surface area contributed by atoms with E-state index in [1.807, 2.05) is 102 Å². The number of nitrogens with zero attached hydrogens (tertiary/aromatic N) is 3. The largest absolute Gasteiger partial charge is 3.00 e. The molecular weight excluding hydrogens is 387 g/mol. The Morgan fingerprint density at radius 1 is 0.393 bits per heavy atom. The van der Waals surface area contributed by atoms with Gasteiger partial charge in [0.1, 0.15) is 0 Å². The Bertz CT molecular complexity index is 306. The van der Waals surface area contributed by atoms with Crippen molar-refractivity contribution < 1.29 is 40.2 Å². The maximum Gasteiger partial charge on any atom is 3.00 e. The zero-order chi connectivity index (χ0) is 22.3. The van der Waals surface area contributed by atoms with E-state index in [4.69, 9.17) is 0 Å². The van der Waals surface area contributed by atoms with Crippen molar-refractivity contribution in [2.75, 3.05) is 0 Å². The summed E-state index contributed by atoms with van der Waals surface area (Å²) in [5.74, 6) is 0. The van der Waals surface area contributed by atoms with Gasteiger partial charge < -0.3 is 29.1 Å². The first-order chi connectivity index (χ1) is 12.3. The molecule has 28 heavy (non-hydrogen) atoms. The van der Waals surface area contributed by atoms with Gasteiger partial charge in [0.15, 0.2) is 0 Å². The summed E-state index contributed by atoms with van der Waals surface area (Å²) in [7, 11) is 0. The van der Waals surface area contributed by atoms with Crippen molar-refractivity contribution in [3.8, 4) is 0 Å². The number of carbonyl (C=O) groups excluding carboxylic acids is 3. The average molecular weight is 430 g/mol. The average Bonchev–Trinajstić information content (AvgIpc) is 2.47. The predicted molar refractivity (Wildman–Crippen MR) is 113 cm³/mol. The standard InChI is InChI=1S/3C7H14NO.Sc/c3*1-6(2)8(5-9)7(3)4;/h3*6-7H,1-4H3;/q3*-1;+3. The first-order valence-electron chi connectivity index (χ1n) is 9.76. The molecule has 0 spiro atoms. The SMILES string of the molecule is CC(C)N([C-]=O)C(C)C.CC(C)N([C-]=O)C(C)C.CC(C)N([C-]=O)C(C)C.[Sc+3]. The molecular formula is C21H42N3O3Sc. The number of hydrogen-bond donors (Lipinski definition) is 0. The van der Waals surface area contributed by atoms with Crippen molar-refractivity contribution in [1.82, 2.24) is 14.7 Å². The van der Waals surface area contributed by atoms with Crippen LogP contribution in [0, 0.1) is 0 Å². The zero-order valence-corrected chi connectivity index (χ0v) is 21.9. The summed E-state index contributed by atoms with van der Waals surface area (Å²) in [6, 6.07) is 1.60. The molecule has 0 saturated carbocycles. The summed E-state index contributed by atoms with van der Waals surface area (Å²) in [6.07, 6.45) is 5.65. The second-order valence-electron chi connectivity index (χ2n) is 8.06. The Hall–Kier alpha value is -0.720. The van der Waals surface area contributed by atoms with Gasteiger partial charge >= 0.3 is 25.8 Å². The summed E-state index contributed by atoms with van der Waals surface area (Å²) >= 11 is 0. The first kappa shape index (κ1) is 34.8. The smallest absolute Gasteiger partial charge is 0.520 e. The number of rotatable bonds is 9. The fourth-order valence-corrected chi connectivity index (χ4v) is 2.42. The topological polar surface area (TPSA) is 60.9 Å². The summed E-state index contributed by atoms with van der Waals surface area (Å²) < 4.78 is 0. The van der Waals surface area contributed by atoms with Crippen molar-refractivity contribution >= 4 is 19.2 Å².